The maximum atomic E-state index is 13.0. The van der Waals surface area contributed by atoms with Gasteiger partial charge >= 0.3 is 0 Å². The van der Waals surface area contributed by atoms with Crippen molar-refractivity contribution in [1.29, 1.82) is 0 Å². The number of aryl methyl sites for hydroxylation is 2. The third kappa shape index (κ3) is 5.51. The van der Waals surface area contributed by atoms with E-state index >= 15 is 0 Å². The number of nitrogens with one attached hydrogen (secondary N) is 2. The molecule has 2 aromatic rings. The van der Waals surface area contributed by atoms with E-state index in [9.17, 15) is 9.59 Å². The van der Waals surface area contributed by atoms with E-state index in [0.29, 0.717) is 12.6 Å². The van der Waals surface area contributed by atoms with E-state index in [2.05, 4.69) is 20.4 Å². The summed E-state index contributed by atoms with van der Waals surface area (Å²) in [4.78, 5) is 30.0. The number of para-hydroxylation sites is 1. The van der Waals surface area contributed by atoms with Crippen molar-refractivity contribution in [2.24, 2.45) is 0 Å². The van der Waals surface area contributed by atoms with Gasteiger partial charge in [0.15, 0.2) is 0 Å². The molecule has 2 amide bonds. The molecule has 1 aliphatic heterocycles. The minimum atomic E-state index is -0.271. The fourth-order valence-corrected chi connectivity index (χ4v) is 4.24. The predicted octanol–water partition coefficient (Wildman–Crippen LogP) is 2.88. The summed E-state index contributed by atoms with van der Waals surface area (Å²) in [5.41, 5.74) is 4.09. The van der Waals surface area contributed by atoms with Crippen molar-refractivity contribution in [1.82, 2.24) is 15.1 Å². The molecule has 0 spiro atoms. The Labute approximate surface area is 184 Å². The van der Waals surface area contributed by atoms with Gasteiger partial charge in [-0.1, -0.05) is 48.5 Å². The standard InChI is InChI=1S/C25H32N4O2/c1-18-7-6-8-19(2)23(18)27-22(30)17-28-13-15-29(16-14-28)24(20-9-4-3-5-10-20)25(31)26-21-11-12-21/h3-10,21,24H,11-17H2,1-2H3,(H,26,31)(H,27,30)/t24-/m1/s1. The SMILES string of the molecule is Cc1cccc(C)c1NC(=O)CN1CCN([C@@H](C(=O)NC2CC2)c2ccccc2)CC1. The van der Waals surface area contributed by atoms with E-state index < -0.39 is 0 Å². The van der Waals surface area contributed by atoms with Gasteiger partial charge in [0.25, 0.3) is 0 Å². The first-order valence-electron chi connectivity index (χ1n) is 11.2. The van der Waals surface area contributed by atoms with Crippen molar-refractivity contribution in [2.75, 3.05) is 38.0 Å². The number of anilines is 1. The number of carbonyl (C=O) groups is 2. The highest BCUT2D eigenvalue weighted by Gasteiger charge is 2.33. The van der Waals surface area contributed by atoms with Gasteiger partial charge in [-0.3, -0.25) is 19.4 Å². The van der Waals surface area contributed by atoms with Crippen LogP contribution in [-0.4, -0.2) is 60.4 Å². The van der Waals surface area contributed by atoms with E-state index in [0.717, 1.165) is 61.4 Å². The number of hydrogen-bond acceptors (Lipinski definition) is 4. The zero-order valence-corrected chi connectivity index (χ0v) is 18.4. The van der Waals surface area contributed by atoms with Crippen LogP contribution in [0.3, 0.4) is 0 Å². The van der Waals surface area contributed by atoms with Crippen LogP contribution in [0.25, 0.3) is 0 Å². The van der Waals surface area contributed by atoms with Gasteiger partial charge < -0.3 is 10.6 Å². The molecule has 0 radical (unpaired) electrons. The molecule has 1 aliphatic carbocycles. The van der Waals surface area contributed by atoms with Crippen LogP contribution in [-0.2, 0) is 9.59 Å². The molecule has 2 fully saturated rings. The quantitative estimate of drug-likeness (QED) is 0.723. The van der Waals surface area contributed by atoms with Crippen LogP contribution in [0.4, 0.5) is 5.69 Å². The molecule has 6 heteroatoms. The average Bonchev–Trinajstić information content (AvgIpc) is 3.57. The van der Waals surface area contributed by atoms with Crippen molar-refractivity contribution < 1.29 is 9.59 Å². The summed E-state index contributed by atoms with van der Waals surface area (Å²) in [6, 6.07) is 16.1. The monoisotopic (exact) mass is 420 g/mol. The number of nitrogens with zero attached hydrogens (tertiary/aromatic N) is 2. The number of piperazine rings is 1. The maximum Gasteiger partial charge on any atom is 0.242 e. The van der Waals surface area contributed by atoms with Gasteiger partial charge in [-0.25, -0.2) is 0 Å². The largest absolute Gasteiger partial charge is 0.352 e. The molecule has 2 N–H and O–H groups in total. The van der Waals surface area contributed by atoms with E-state index in [4.69, 9.17) is 0 Å². The van der Waals surface area contributed by atoms with Crippen molar-refractivity contribution in [3.8, 4) is 0 Å². The number of amides is 2. The molecule has 0 unspecified atom stereocenters. The molecule has 2 aromatic carbocycles. The van der Waals surface area contributed by atoms with Gasteiger partial charge in [0.1, 0.15) is 6.04 Å². The van der Waals surface area contributed by atoms with E-state index in [1.54, 1.807) is 0 Å². The summed E-state index contributed by atoms with van der Waals surface area (Å²) < 4.78 is 0. The third-order valence-corrected chi connectivity index (χ3v) is 6.17. The molecule has 1 saturated heterocycles. The Kier molecular flexibility index (Phi) is 6.68. The van der Waals surface area contributed by atoms with Crippen LogP contribution < -0.4 is 10.6 Å². The molecule has 0 bridgehead atoms. The summed E-state index contributed by atoms with van der Waals surface area (Å²) in [6.07, 6.45) is 2.16. The molecule has 2 aliphatic rings. The van der Waals surface area contributed by atoms with Crippen molar-refractivity contribution in [2.45, 2.75) is 38.8 Å². The smallest absolute Gasteiger partial charge is 0.242 e. The van der Waals surface area contributed by atoms with Crippen LogP contribution in [0.15, 0.2) is 48.5 Å². The second-order valence-electron chi connectivity index (χ2n) is 8.72. The molecular formula is C25H32N4O2. The van der Waals surface area contributed by atoms with Crippen molar-refractivity contribution >= 4 is 17.5 Å². The summed E-state index contributed by atoms with van der Waals surface area (Å²) in [5.74, 6) is 0.104. The van der Waals surface area contributed by atoms with Gasteiger partial charge in [0.2, 0.25) is 11.8 Å². The summed E-state index contributed by atoms with van der Waals surface area (Å²) in [7, 11) is 0. The van der Waals surface area contributed by atoms with Crippen LogP contribution in [0, 0.1) is 13.8 Å². The molecule has 1 saturated carbocycles. The molecule has 31 heavy (non-hydrogen) atoms. The zero-order valence-electron chi connectivity index (χ0n) is 18.4. The Balaban J connectivity index is 1.35. The second kappa shape index (κ2) is 9.62. The normalized spacial score (nSPS) is 18.4. The maximum absolute atomic E-state index is 13.0. The van der Waals surface area contributed by atoms with Gasteiger partial charge in [-0.05, 0) is 43.4 Å². The number of benzene rings is 2. The first-order chi connectivity index (χ1) is 15.0. The predicted molar refractivity (Wildman–Crippen MR) is 123 cm³/mol. The first kappa shape index (κ1) is 21.5. The number of rotatable bonds is 7. The van der Waals surface area contributed by atoms with Gasteiger partial charge in [-0.2, -0.15) is 0 Å². The summed E-state index contributed by atoms with van der Waals surface area (Å²) in [6.45, 7) is 7.44. The van der Waals surface area contributed by atoms with E-state index in [1.807, 2.05) is 62.4 Å². The Morgan fingerprint density at radius 1 is 0.935 bits per heavy atom. The van der Waals surface area contributed by atoms with Gasteiger partial charge in [0, 0.05) is 37.9 Å². The Hall–Kier alpha value is -2.70. The molecule has 1 heterocycles. The molecule has 164 valence electrons. The van der Waals surface area contributed by atoms with Crippen LogP contribution >= 0.6 is 0 Å². The highest BCUT2D eigenvalue weighted by Crippen LogP contribution is 2.26. The number of hydrogen-bond donors (Lipinski definition) is 2. The highest BCUT2D eigenvalue weighted by molar-refractivity contribution is 5.93. The van der Waals surface area contributed by atoms with Gasteiger partial charge in [-0.15, -0.1) is 0 Å². The second-order valence-corrected chi connectivity index (χ2v) is 8.72. The minimum absolute atomic E-state index is 0.0111. The summed E-state index contributed by atoms with van der Waals surface area (Å²) >= 11 is 0. The molecule has 0 aromatic heterocycles. The lowest BCUT2D eigenvalue weighted by atomic mass is 10.0. The Morgan fingerprint density at radius 3 is 2.19 bits per heavy atom. The van der Waals surface area contributed by atoms with Crippen molar-refractivity contribution in [3.05, 3.63) is 65.2 Å². The third-order valence-electron chi connectivity index (χ3n) is 6.17. The first-order valence-corrected chi connectivity index (χ1v) is 11.2. The molecular weight excluding hydrogens is 388 g/mol. The molecule has 1 atom stereocenters. The summed E-state index contributed by atoms with van der Waals surface area (Å²) in [5, 5.41) is 6.25. The molecule has 4 rings (SSSR count). The average molecular weight is 421 g/mol. The lowest BCUT2D eigenvalue weighted by Gasteiger charge is -2.38. The van der Waals surface area contributed by atoms with Crippen molar-refractivity contribution in [3.63, 3.8) is 0 Å². The van der Waals surface area contributed by atoms with Crippen LogP contribution in [0.2, 0.25) is 0 Å². The highest BCUT2D eigenvalue weighted by atomic mass is 16.2. The van der Waals surface area contributed by atoms with Gasteiger partial charge in [0.05, 0.1) is 6.54 Å². The fraction of sp³-hybridized carbons (Fsp3) is 0.440. The Morgan fingerprint density at radius 2 is 1.58 bits per heavy atom. The Bertz CT molecular complexity index is 898. The number of carbonyl (C=O) groups excluding carboxylic acids is 2. The van der Waals surface area contributed by atoms with Crippen LogP contribution in [0.1, 0.15) is 35.6 Å². The van der Waals surface area contributed by atoms with Crippen LogP contribution in [0.5, 0.6) is 0 Å². The lowest BCUT2D eigenvalue weighted by Crippen LogP contribution is -2.52. The lowest BCUT2D eigenvalue weighted by molar-refractivity contribution is -0.128. The fourth-order valence-electron chi connectivity index (χ4n) is 4.24. The van der Waals surface area contributed by atoms with E-state index in [-0.39, 0.29) is 17.9 Å². The zero-order chi connectivity index (χ0) is 21.8. The minimum Gasteiger partial charge on any atom is -0.352 e. The topological polar surface area (TPSA) is 64.7 Å². The van der Waals surface area contributed by atoms with E-state index in [1.165, 1.54) is 0 Å². The molecule has 6 nitrogen and oxygen atoms in total.